The number of fused-ring (bicyclic) bond motifs is 1. The normalized spacial score (nSPS) is 11.5. The lowest BCUT2D eigenvalue weighted by molar-refractivity contribution is -0.118. The molecule has 7 heteroatoms. The number of halogens is 2. The molecule has 0 aliphatic heterocycles. The molecule has 3 aromatic rings. The van der Waals surface area contributed by atoms with E-state index in [1.807, 2.05) is 25.1 Å². The molecule has 5 nitrogen and oxygen atoms in total. The molecule has 1 amide bonds. The SMILES string of the molecule is Cc1cc2ccc(Cl)cc2n1CCC(=O)Cc1ccc(Cl)cc1NC(=O)OC(C)(C)C. The van der Waals surface area contributed by atoms with Crippen LogP contribution in [-0.2, 0) is 22.5 Å². The van der Waals surface area contributed by atoms with Crippen LogP contribution in [0.5, 0.6) is 0 Å². The molecule has 0 spiro atoms. The van der Waals surface area contributed by atoms with Gasteiger partial charge in [0.05, 0.1) is 0 Å². The van der Waals surface area contributed by atoms with Crippen LogP contribution < -0.4 is 5.32 Å². The van der Waals surface area contributed by atoms with E-state index in [-0.39, 0.29) is 12.2 Å². The fraction of sp³-hybridized carbons (Fsp3) is 0.333. The first-order valence-corrected chi connectivity index (χ1v) is 10.8. The van der Waals surface area contributed by atoms with Gasteiger partial charge in [-0.15, -0.1) is 0 Å². The maximum absolute atomic E-state index is 12.8. The minimum absolute atomic E-state index is 0.0536. The molecule has 1 aromatic heterocycles. The van der Waals surface area contributed by atoms with Crippen LogP contribution in [0.4, 0.5) is 10.5 Å². The van der Waals surface area contributed by atoms with Gasteiger partial charge in [0.15, 0.2) is 0 Å². The van der Waals surface area contributed by atoms with E-state index in [4.69, 9.17) is 27.9 Å². The summed E-state index contributed by atoms with van der Waals surface area (Å²) >= 11 is 12.2. The number of nitrogens with one attached hydrogen (secondary N) is 1. The summed E-state index contributed by atoms with van der Waals surface area (Å²) in [7, 11) is 0. The molecular formula is C24H26Cl2N2O3. The first kappa shape index (κ1) is 23.2. The third kappa shape index (κ3) is 6.25. The van der Waals surface area contributed by atoms with Gasteiger partial charge in [0.1, 0.15) is 11.4 Å². The van der Waals surface area contributed by atoms with Crippen LogP contribution in [-0.4, -0.2) is 22.0 Å². The van der Waals surface area contributed by atoms with E-state index in [0.717, 1.165) is 16.6 Å². The van der Waals surface area contributed by atoms with E-state index >= 15 is 0 Å². The summed E-state index contributed by atoms with van der Waals surface area (Å²) in [6.45, 7) is 7.93. The predicted molar refractivity (Wildman–Crippen MR) is 126 cm³/mol. The summed E-state index contributed by atoms with van der Waals surface area (Å²) in [5.41, 5.74) is 2.63. The number of amides is 1. The summed E-state index contributed by atoms with van der Waals surface area (Å²) in [4.78, 5) is 24.9. The summed E-state index contributed by atoms with van der Waals surface area (Å²) < 4.78 is 7.41. The standard InChI is InChI=1S/C24H26Cl2N2O3/c1-15-11-17-6-8-19(26)14-22(17)28(15)10-9-20(29)12-16-5-7-18(25)13-21(16)27-23(30)31-24(2,3)4/h5-8,11,13-14H,9-10,12H2,1-4H3,(H,27,30). The van der Waals surface area contributed by atoms with Crippen molar-refractivity contribution in [2.24, 2.45) is 0 Å². The third-order valence-corrected chi connectivity index (χ3v) is 5.25. The molecule has 1 N–H and O–H groups in total. The van der Waals surface area contributed by atoms with Gasteiger partial charge in [-0.1, -0.05) is 35.3 Å². The minimum Gasteiger partial charge on any atom is -0.444 e. The maximum atomic E-state index is 12.8. The molecule has 31 heavy (non-hydrogen) atoms. The quantitative estimate of drug-likeness (QED) is 0.439. The molecule has 0 atom stereocenters. The first-order chi connectivity index (χ1) is 14.5. The molecule has 0 fully saturated rings. The molecule has 0 unspecified atom stereocenters. The number of hydrogen-bond acceptors (Lipinski definition) is 3. The van der Waals surface area contributed by atoms with E-state index in [0.29, 0.717) is 34.3 Å². The number of carbonyl (C=O) groups excluding carboxylic acids is 2. The number of aromatic nitrogens is 1. The van der Waals surface area contributed by atoms with Crippen LogP contribution in [0.1, 0.15) is 38.4 Å². The lowest BCUT2D eigenvalue weighted by Gasteiger charge is -2.20. The Morgan fingerprint density at radius 3 is 2.42 bits per heavy atom. The topological polar surface area (TPSA) is 60.3 Å². The van der Waals surface area contributed by atoms with E-state index in [2.05, 4.69) is 16.0 Å². The molecule has 0 aliphatic carbocycles. The number of aryl methyl sites for hydroxylation is 2. The Balaban J connectivity index is 1.70. The number of anilines is 1. The highest BCUT2D eigenvalue weighted by Gasteiger charge is 2.18. The van der Waals surface area contributed by atoms with Gasteiger partial charge in [0, 0.05) is 46.3 Å². The molecule has 3 rings (SSSR count). The lowest BCUT2D eigenvalue weighted by atomic mass is 10.0. The van der Waals surface area contributed by atoms with E-state index in [9.17, 15) is 9.59 Å². The molecule has 0 radical (unpaired) electrons. The fourth-order valence-corrected chi connectivity index (χ4v) is 3.77. The highest BCUT2D eigenvalue weighted by Crippen LogP contribution is 2.25. The van der Waals surface area contributed by atoms with Crippen molar-refractivity contribution in [1.82, 2.24) is 4.57 Å². The largest absolute Gasteiger partial charge is 0.444 e. The molecule has 0 bridgehead atoms. The number of Topliss-reactive ketones (excluding diaryl/α,β-unsaturated/α-hetero) is 1. The van der Waals surface area contributed by atoms with E-state index < -0.39 is 11.7 Å². The van der Waals surface area contributed by atoms with Gasteiger partial charge < -0.3 is 9.30 Å². The van der Waals surface area contributed by atoms with Gasteiger partial charge >= 0.3 is 6.09 Å². The van der Waals surface area contributed by atoms with Crippen LogP contribution in [0.3, 0.4) is 0 Å². The molecule has 0 saturated heterocycles. The Labute approximate surface area is 192 Å². The number of nitrogens with zero attached hydrogens (tertiary/aromatic N) is 1. The van der Waals surface area contributed by atoms with Gasteiger partial charge in [-0.05, 0) is 69.0 Å². The molecule has 1 heterocycles. The second kappa shape index (κ2) is 9.33. The average molecular weight is 461 g/mol. The number of ether oxygens (including phenoxy) is 1. The second-order valence-electron chi connectivity index (χ2n) is 8.53. The summed E-state index contributed by atoms with van der Waals surface area (Å²) in [6.07, 6.45) is -0.0535. The second-order valence-corrected chi connectivity index (χ2v) is 9.41. The molecular weight excluding hydrogens is 435 g/mol. The van der Waals surface area contributed by atoms with Gasteiger partial charge in [0.2, 0.25) is 0 Å². The molecule has 2 aromatic carbocycles. The van der Waals surface area contributed by atoms with Gasteiger partial charge in [-0.25, -0.2) is 4.79 Å². The fourth-order valence-electron chi connectivity index (χ4n) is 3.43. The number of hydrogen-bond donors (Lipinski definition) is 1. The Morgan fingerprint density at radius 1 is 1.03 bits per heavy atom. The average Bonchev–Trinajstić information content (AvgIpc) is 2.95. The lowest BCUT2D eigenvalue weighted by Crippen LogP contribution is -2.27. The first-order valence-electron chi connectivity index (χ1n) is 10.1. The van der Waals surface area contributed by atoms with Gasteiger partial charge in [-0.3, -0.25) is 10.1 Å². The van der Waals surface area contributed by atoms with Crippen molar-refractivity contribution in [3.63, 3.8) is 0 Å². The predicted octanol–water partition coefficient (Wildman–Crippen LogP) is 6.81. The van der Waals surface area contributed by atoms with Crippen molar-refractivity contribution < 1.29 is 14.3 Å². The molecule has 0 saturated carbocycles. The van der Waals surface area contributed by atoms with Crippen LogP contribution in [0, 0.1) is 6.92 Å². The Bertz CT molecular complexity index is 1130. The summed E-state index contributed by atoms with van der Waals surface area (Å²) in [5, 5.41) is 4.93. The minimum atomic E-state index is -0.626. The third-order valence-electron chi connectivity index (χ3n) is 4.78. The maximum Gasteiger partial charge on any atom is 0.412 e. The Morgan fingerprint density at radius 2 is 1.71 bits per heavy atom. The number of benzene rings is 2. The Kier molecular flexibility index (Phi) is 6.97. The zero-order valence-corrected chi connectivity index (χ0v) is 19.6. The van der Waals surface area contributed by atoms with E-state index in [1.54, 1.807) is 39.0 Å². The van der Waals surface area contributed by atoms with Crippen molar-refractivity contribution in [3.8, 4) is 0 Å². The summed E-state index contributed by atoms with van der Waals surface area (Å²) in [6, 6.07) is 12.9. The van der Waals surface area contributed by atoms with E-state index in [1.165, 1.54) is 0 Å². The molecule has 0 aliphatic rings. The van der Waals surface area contributed by atoms with Gasteiger partial charge in [0.25, 0.3) is 0 Å². The molecule has 164 valence electrons. The van der Waals surface area contributed by atoms with Crippen molar-refractivity contribution in [3.05, 3.63) is 63.8 Å². The monoisotopic (exact) mass is 460 g/mol. The van der Waals surface area contributed by atoms with Gasteiger partial charge in [-0.2, -0.15) is 0 Å². The van der Waals surface area contributed by atoms with Crippen LogP contribution in [0.25, 0.3) is 10.9 Å². The van der Waals surface area contributed by atoms with Crippen LogP contribution in [0.15, 0.2) is 42.5 Å². The zero-order valence-electron chi connectivity index (χ0n) is 18.1. The van der Waals surface area contributed by atoms with Crippen molar-refractivity contribution >= 4 is 51.7 Å². The number of carbonyl (C=O) groups is 2. The van der Waals surface area contributed by atoms with Crippen molar-refractivity contribution in [2.45, 2.75) is 52.7 Å². The zero-order chi connectivity index (χ0) is 22.8. The van der Waals surface area contributed by atoms with Crippen molar-refractivity contribution in [1.29, 1.82) is 0 Å². The highest BCUT2D eigenvalue weighted by molar-refractivity contribution is 6.31. The van der Waals surface area contributed by atoms with Crippen LogP contribution >= 0.6 is 23.2 Å². The number of ketones is 1. The van der Waals surface area contributed by atoms with Crippen LogP contribution in [0.2, 0.25) is 10.0 Å². The smallest absolute Gasteiger partial charge is 0.412 e. The summed E-state index contributed by atoms with van der Waals surface area (Å²) in [5.74, 6) is 0.0536. The van der Waals surface area contributed by atoms with Crippen molar-refractivity contribution in [2.75, 3.05) is 5.32 Å². The highest BCUT2D eigenvalue weighted by atomic mass is 35.5. The Hall–Kier alpha value is -2.50. The number of rotatable bonds is 6.